The predicted molar refractivity (Wildman–Crippen MR) is 77.8 cm³/mol. The Labute approximate surface area is 117 Å². The molecule has 0 aromatic heterocycles. The van der Waals surface area contributed by atoms with Crippen molar-refractivity contribution in [2.75, 3.05) is 34.2 Å². The molecule has 0 radical (unpaired) electrons. The number of nitrogens with two attached hydrogens (primary N) is 1. The Morgan fingerprint density at radius 1 is 1.21 bits per heavy atom. The van der Waals surface area contributed by atoms with Gasteiger partial charge in [0.25, 0.3) is 0 Å². The van der Waals surface area contributed by atoms with E-state index in [2.05, 4.69) is 19.0 Å². The van der Waals surface area contributed by atoms with Gasteiger partial charge in [-0.15, -0.1) is 0 Å². The largest absolute Gasteiger partial charge is 0.344 e. The molecular weight excluding hydrogens is 238 g/mol. The van der Waals surface area contributed by atoms with Gasteiger partial charge in [0.15, 0.2) is 0 Å². The van der Waals surface area contributed by atoms with Crippen molar-refractivity contribution in [1.29, 1.82) is 0 Å². The molecule has 2 rings (SSSR count). The number of hydrogen-bond donors (Lipinski definition) is 1. The fraction of sp³-hybridized carbons (Fsp3) is 0.933. The predicted octanol–water partition coefficient (Wildman–Crippen LogP) is 1.30. The highest BCUT2D eigenvalue weighted by atomic mass is 16.2. The molecule has 2 unspecified atom stereocenters. The van der Waals surface area contributed by atoms with Gasteiger partial charge in [-0.3, -0.25) is 4.79 Å². The lowest BCUT2D eigenvalue weighted by Crippen LogP contribution is -2.58. The van der Waals surface area contributed by atoms with Crippen molar-refractivity contribution in [1.82, 2.24) is 9.80 Å². The molecule has 0 heterocycles. The van der Waals surface area contributed by atoms with Gasteiger partial charge in [-0.05, 0) is 58.7 Å². The second-order valence-electron chi connectivity index (χ2n) is 6.70. The van der Waals surface area contributed by atoms with E-state index in [4.69, 9.17) is 5.73 Å². The molecule has 0 saturated heterocycles. The van der Waals surface area contributed by atoms with Crippen LogP contribution in [0.3, 0.4) is 0 Å². The Bertz CT molecular complexity index is 325. The summed E-state index contributed by atoms with van der Waals surface area (Å²) in [5, 5.41) is 0. The monoisotopic (exact) mass is 267 g/mol. The Kier molecular flexibility index (Phi) is 4.51. The van der Waals surface area contributed by atoms with Crippen molar-refractivity contribution in [3.8, 4) is 0 Å². The molecule has 19 heavy (non-hydrogen) atoms. The lowest BCUT2D eigenvalue weighted by Gasteiger charge is -2.49. The third-order valence-corrected chi connectivity index (χ3v) is 5.42. The molecule has 0 aromatic rings. The average molecular weight is 267 g/mol. The van der Waals surface area contributed by atoms with Crippen molar-refractivity contribution < 1.29 is 4.79 Å². The highest BCUT2D eigenvalue weighted by Crippen LogP contribution is 2.38. The second-order valence-corrected chi connectivity index (χ2v) is 6.70. The van der Waals surface area contributed by atoms with Gasteiger partial charge in [-0.2, -0.15) is 0 Å². The summed E-state index contributed by atoms with van der Waals surface area (Å²) >= 11 is 0. The topological polar surface area (TPSA) is 49.6 Å². The van der Waals surface area contributed by atoms with Crippen LogP contribution in [0.4, 0.5) is 0 Å². The van der Waals surface area contributed by atoms with Gasteiger partial charge in [0, 0.05) is 25.0 Å². The summed E-state index contributed by atoms with van der Waals surface area (Å²) in [6.45, 7) is 1.52. The van der Waals surface area contributed by atoms with E-state index in [1.807, 2.05) is 11.9 Å². The van der Waals surface area contributed by atoms with Gasteiger partial charge in [0.1, 0.15) is 0 Å². The maximum absolute atomic E-state index is 12.6. The fourth-order valence-corrected chi connectivity index (χ4v) is 3.78. The van der Waals surface area contributed by atoms with Crippen molar-refractivity contribution in [3.63, 3.8) is 0 Å². The quantitative estimate of drug-likeness (QED) is 0.817. The third-order valence-electron chi connectivity index (χ3n) is 5.42. The zero-order chi connectivity index (χ0) is 14.0. The first kappa shape index (κ1) is 14.8. The molecule has 2 saturated carbocycles. The van der Waals surface area contributed by atoms with Crippen molar-refractivity contribution in [2.24, 2.45) is 17.6 Å². The van der Waals surface area contributed by atoms with Crippen LogP contribution in [0.5, 0.6) is 0 Å². The zero-order valence-corrected chi connectivity index (χ0v) is 12.7. The van der Waals surface area contributed by atoms with E-state index in [0.717, 1.165) is 25.8 Å². The van der Waals surface area contributed by atoms with Crippen LogP contribution in [0.15, 0.2) is 0 Å². The minimum absolute atomic E-state index is 0.175. The Hall–Kier alpha value is -0.610. The van der Waals surface area contributed by atoms with Crippen LogP contribution < -0.4 is 5.73 Å². The molecule has 2 atom stereocenters. The van der Waals surface area contributed by atoms with Crippen LogP contribution in [0.25, 0.3) is 0 Å². The highest BCUT2D eigenvalue weighted by Gasteiger charge is 2.42. The van der Waals surface area contributed by atoms with Crippen LogP contribution in [-0.4, -0.2) is 55.5 Å². The first-order chi connectivity index (χ1) is 9.00. The van der Waals surface area contributed by atoms with Crippen molar-refractivity contribution in [3.05, 3.63) is 0 Å². The van der Waals surface area contributed by atoms with E-state index < -0.39 is 0 Å². The second kappa shape index (κ2) is 5.80. The fourth-order valence-electron chi connectivity index (χ4n) is 3.78. The zero-order valence-electron chi connectivity index (χ0n) is 12.7. The molecule has 0 bridgehead atoms. The first-order valence-corrected chi connectivity index (χ1v) is 7.62. The SMILES string of the molecule is CN(CC1(N(C)C)CCC1)C(=O)C1CCCC1CN. The lowest BCUT2D eigenvalue weighted by atomic mass is 9.75. The van der Waals surface area contributed by atoms with E-state index in [-0.39, 0.29) is 11.5 Å². The van der Waals surface area contributed by atoms with Gasteiger partial charge < -0.3 is 15.5 Å². The smallest absolute Gasteiger partial charge is 0.225 e. The summed E-state index contributed by atoms with van der Waals surface area (Å²) in [4.78, 5) is 16.9. The maximum atomic E-state index is 12.6. The molecule has 0 spiro atoms. The summed E-state index contributed by atoms with van der Waals surface area (Å²) < 4.78 is 0. The number of rotatable bonds is 5. The van der Waals surface area contributed by atoms with Gasteiger partial charge in [0.2, 0.25) is 5.91 Å². The van der Waals surface area contributed by atoms with Crippen molar-refractivity contribution >= 4 is 5.91 Å². The number of carbonyl (C=O) groups is 1. The normalized spacial score (nSPS) is 29.3. The van der Waals surface area contributed by atoms with Gasteiger partial charge in [0.05, 0.1) is 0 Å². The Morgan fingerprint density at radius 3 is 2.37 bits per heavy atom. The lowest BCUT2D eigenvalue weighted by molar-refractivity contribution is -0.138. The number of nitrogens with zero attached hydrogens (tertiary/aromatic N) is 2. The Balaban J connectivity index is 1.95. The van der Waals surface area contributed by atoms with Crippen LogP contribution in [0.2, 0.25) is 0 Å². The Morgan fingerprint density at radius 2 is 1.89 bits per heavy atom. The van der Waals surface area contributed by atoms with Crippen molar-refractivity contribution in [2.45, 2.75) is 44.1 Å². The van der Waals surface area contributed by atoms with Crippen LogP contribution in [0, 0.1) is 11.8 Å². The van der Waals surface area contributed by atoms with Gasteiger partial charge >= 0.3 is 0 Å². The average Bonchev–Trinajstić information content (AvgIpc) is 2.80. The third kappa shape index (κ3) is 2.79. The van der Waals surface area contributed by atoms with Gasteiger partial charge in [-0.1, -0.05) is 6.42 Å². The van der Waals surface area contributed by atoms with Crippen LogP contribution in [-0.2, 0) is 4.79 Å². The molecule has 2 fully saturated rings. The van der Waals surface area contributed by atoms with Crippen LogP contribution in [0.1, 0.15) is 38.5 Å². The van der Waals surface area contributed by atoms with Crippen LogP contribution >= 0.6 is 0 Å². The molecule has 2 aliphatic rings. The molecule has 0 aromatic carbocycles. The molecule has 4 heteroatoms. The van der Waals surface area contributed by atoms with E-state index in [1.165, 1.54) is 19.3 Å². The number of likely N-dealkylation sites (N-methyl/N-ethyl adjacent to an activating group) is 2. The number of hydrogen-bond acceptors (Lipinski definition) is 3. The van der Waals surface area contributed by atoms with Gasteiger partial charge in [-0.25, -0.2) is 0 Å². The summed E-state index contributed by atoms with van der Waals surface area (Å²) in [5.74, 6) is 0.905. The summed E-state index contributed by atoms with van der Waals surface area (Å²) in [6, 6.07) is 0. The summed E-state index contributed by atoms with van der Waals surface area (Å²) in [7, 11) is 6.24. The minimum Gasteiger partial charge on any atom is -0.344 e. The maximum Gasteiger partial charge on any atom is 0.225 e. The van der Waals surface area contributed by atoms with E-state index in [9.17, 15) is 4.79 Å². The van der Waals surface area contributed by atoms with E-state index in [0.29, 0.717) is 18.4 Å². The minimum atomic E-state index is 0.175. The highest BCUT2D eigenvalue weighted by molar-refractivity contribution is 5.79. The van der Waals surface area contributed by atoms with E-state index in [1.54, 1.807) is 0 Å². The molecule has 0 aliphatic heterocycles. The summed E-state index contributed by atoms with van der Waals surface area (Å²) in [5.41, 5.74) is 6.02. The molecular formula is C15H29N3O. The number of amides is 1. The molecule has 2 N–H and O–H groups in total. The molecule has 2 aliphatic carbocycles. The molecule has 110 valence electrons. The summed E-state index contributed by atoms with van der Waals surface area (Å²) in [6.07, 6.45) is 7.02. The number of carbonyl (C=O) groups excluding carboxylic acids is 1. The molecule has 1 amide bonds. The standard InChI is InChI=1S/C15H29N3O/c1-17(2)15(8-5-9-15)11-18(3)14(19)13-7-4-6-12(13)10-16/h12-13H,4-11,16H2,1-3H3. The van der Waals surface area contributed by atoms with E-state index >= 15 is 0 Å². The first-order valence-electron chi connectivity index (χ1n) is 7.62. The molecule has 4 nitrogen and oxygen atoms in total.